The molecule has 5 rings (SSSR count). The summed E-state index contributed by atoms with van der Waals surface area (Å²) in [6, 6.07) is 0. The minimum absolute atomic E-state index is 0.169. The zero-order chi connectivity index (χ0) is 24.2. The topological polar surface area (TPSA) is 60.7 Å². The van der Waals surface area contributed by atoms with Crippen LogP contribution in [0.2, 0.25) is 0 Å². The molecular formula is C30H50O3. The molecule has 11 atom stereocenters. The molecule has 5 aliphatic rings. The SMILES string of the molecule is CC(C)=CCC[C@@H](C)[C@H]1CC[C@@]2(C)[C@@H]3CC[C@H]4C(C)(C)[C@H](O)[C@H](O)[C@H](O)[C@@]45C[C@@]35CC[C@]12C. The van der Waals surface area contributed by atoms with E-state index in [2.05, 4.69) is 54.5 Å². The Labute approximate surface area is 202 Å². The standard InChI is InChI=1S/C30H50O3/c1-18(2)9-8-10-19(3)20-13-14-28(7)22-12-11-21-26(4,5)24(32)23(31)25(33)30(21)17-29(22,30)16-15-27(20,28)6/h9,19-25,31-33H,8,10-17H2,1-7H3/t19-,20-,21+,22+,23+,24-,25+,27-,28+,29+,30-/m1/s1. The van der Waals surface area contributed by atoms with Crippen molar-refractivity contribution in [2.24, 2.45) is 50.7 Å². The number of rotatable bonds is 4. The number of hydrogen-bond acceptors (Lipinski definition) is 3. The number of fused-ring (bicyclic) bond motifs is 2. The fraction of sp³-hybridized carbons (Fsp3) is 0.933. The third-order valence-corrected chi connectivity index (χ3v) is 13.1. The first-order valence-corrected chi connectivity index (χ1v) is 14.0. The molecule has 0 unspecified atom stereocenters. The van der Waals surface area contributed by atoms with Crippen LogP contribution in [0.5, 0.6) is 0 Å². The van der Waals surface area contributed by atoms with E-state index in [1.807, 2.05) is 0 Å². The van der Waals surface area contributed by atoms with E-state index >= 15 is 0 Å². The van der Waals surface area contributed by atoms with Crippen molar-refractivity contribution in [1.29, 1.82) is 0 Å². The van der Waals surface area contributed by atoms with Gasteiger partial charge in [-0.3, -0.25) is 0 Å². The lowest BCUT2D eigenvalue weighted by molar-refractivity contribution is -0.236. The van der Waals surface area contributed by atoms with Crippen molar-refractivity contribution in [3.63, 3.8) is 0 Å². The Hall–Kier alpha value is -0.380. The fourth-order valence-electron chi connectivity index (χ4n) is 11.2. The molecule has 0 radical (unpaired) electrons. The van der Waals surface area contributed by atoms with Crippen LogP contribution in [0.15, 0.2) is 11.6 Å². The highest BCUT2D eigenvalue weighted by molar-refractivity contribution is 5.33. The van der Waals surface area contributed by atoms with Gasteiger partial charge in [0.1, 0.15) is 6.10 Å². The van der Waals surface area contributed by atoms with Crippen LogP contribution in [0.25, 0.3) is 0 Å². The molecule has 3 nitrogen and oxygen atoms in total. The minimum atomic E-state index is -1.01. The van der Waals surface area contributed by atoms with Gasteiger partial charge in [-0.05, 0) is 117 Å². The van der Waals surface area contributed by atoms with Gasteiger partial charge in [0.25, 0.3) is 0 Å². The summed E-state index contributed by atoms with van der Waals surface area (Å²) in [5, 5.41) is 33.3. The van der Waals surface area contributed by atoms with E-state index in [4.69, 9.17) is 0 Å². The first-order chi connectivity index (χ1) is 15.3. The minimum Gasteiger partial charge on any atom is -0.390 e. The molecule has 0 amide bonds. The van der Waals surface area contributed by atoms with Gasteiger partial charge in [-0.15, -0.1) is 0 Å². The Kier molecular flexibility index (Phi) is 5.40. The highest BCUT2D eigenvalue weighted by Crippen LogP contribution is 2.89. The average molecular weight is 459 g/mol. The Bertz CT molecular complexity index is 828. The van der Waals surface area contributed by atoms with Crippen LogP contribution in [-0.2, 0) is 0 Å². The summed E-state index contributed by atoms with van der Waals surface area (Å²) in [6.45, 7) is 16.4. The predicted octanol–water partition coefficient (Wildman–Crippen LogP) is 6.11. The van der Waals surface area contributed by atoms with Crippen molar-refractivity contribution in [2.45, 2.75) is 125 Å². The van der Waals surface area contributed by atoms with Gasteiger partial charge in [-0.25, -0.2) is 0 Å². The maximum Gasteiger partial charge on any atom is 0.107 e. The first kappa shape index (κ1) is 24.3. The number of aliphatic hydroxyl groups is 3. The highest BCUT2D eigenvalue weighted by Gasteiger charge is 2.85. The van der Waals surface area contributed by atoms with Crippen molar-refractivity contribution in [3.05, 3.63) is 11.6 Å². The maximum absolute atomic E-state index is 11.5. The van der Waals surface area contributed by atoms with Crippen molar-refractivity contribution in [3.8, 4) is 0 Å². The van der Waals surface area contributed by atoms with E-state index in [-0.39, 0.29) is 16.2 Å². The lowest BCUT2D eigenvalue weighted by Crippen LogP contribution is -2.65. The van der Waals surface area contributed by atoms with Crippen LogP contribution in [0.3, 0.4) is 0 Å². The van der Waals surface area contributed by atoms with Gasteiger partial charge in [0.2, 0.25) is 0 Å². The van der Waals surface area contributed by atoms with Gasteiger partial charge < -0.3 is 15.3 Å². The Morgan fingerprint density at radius 3 is 2.21 bits per heavy atom. The molecule has 188 valence electrons. The lowest BCUT2D eigenvalue weighted by atomic mass is 9.41. The smallest absolute Gasteiger partial charge is 0.107 e. The lowest BCUT2D eigenvalue weighted by Gasteiger charge is -2.64. The summed E-state index contributed by atoms with van der Waals surface area (Å²) in [4.78, 5) is 0. The quantitative estimate of drug-likeness (QED) is 0.445. The molecule has 0 aromatic rings. The van der Waals surface area contributed by atoms with Gasteiger partial charge in [0.15, 0.2) is 0 Å². The molecular weight excluding hydrogens is 408 g/mol. The van der Waals surface area contributed by atoms with Crippen molar-refractivity contribution < 1.29 is 15.3 Å². The second-order valence-electron chi connectivity index (χ2n) is 14.6. The molecule has 0 aromatic carbocycles. The van der Waals surface area contributed by atoms with E-state index in [1.165, 1.54) is 50.5 Å². The van der Waals surface area contributed by atoms with Crippen LogP contribution in [0.1, 0.15) is 106 Å². The van der Waals surface area contributed by atoms with Gasteiger partial charge >= 0.3 is 0 Å². The average Bonchev–Trinajstić information content (AvgIpc) is 3.35. The third-order valence-electron chi connectivity index (χ3n) is 13.1. The molecule has 0 aliphatic heterocycles. The molecule has 3 heteroatoms. The summed E-state index contributed by atoms with van der Waals surface area (Å²) >= 11 is 0. The number of hydrogen-bond donors (Lipinski definition) is 3. The van der Waals surface area contributed by atoms with E-state index < -0.39 is 18.3 Å². The van der Waals surface area contributed by atoms with E-state index in [9.17, 15) is 15.3 Å². The summed E-state index contributed by atoms with van der Waals surface area (Å²) in [5.74, 6) is 2.49. The zero-order valence-electron chi connectivity index (χ0n) is 22.3. The van der Waals surface area contributed by atoms with Crippen LogP contribution < -0.4 is 0 Å². The zero-order valence-corrected chi connectivity index (χ0v) is 22.3. The summed E-state index contributed by atoms with van der Waals surface area (Å²) in [6.07, 6.45) is 10.8. The predicted molar refractivity (Wildman–Crippen MR) is 133 cm³/mol. The van der Waals surface area contributed by atoms with E-state index in [0.717, 1.165) is 24.7 Å². The van der Waals surface area contributed by atoms with Gasteiger partial charge in [0, 0.05) is 5.41 Å². The first-order valence-electron chi connectivity index (χ1n) is 14.0. The molecule has 5 aliphatic carbocycles. The van der Waals surface area contributed by atoms with Gasteiger partial charge in [0.05, 0.1) is 12.2 Å². The summed E-state index contributed by atoms with van der Waals surface area (Å²) in [7, 11) is 0. The summed E-state index contributed by atoms with van der Waals surface area (Å²) < 4.78 is 0. The van der Waals surface area contributed by atoms with Crippen molar-refractivity contribution in [2.75, 3.05) is 0 Å². The molecule has 5 fully saturated rings. The third kappa shape index (κ3) is 2.80. The van der Waals surface area contributed by atoms with Crippen LogP contribution in [-0.4, -0.2) is 33.6 Å². The number of allylic oxidation sites excluding steroid dienone is 2. The molecule has 3 N–H and O–H groups in total. The Morgan fingerprint density at radius 2 is 1.55 bits per heavy atom. The van der Waals surface area contributed by atoms with Crippen LogP contribution >= 0.6 is 0 Å². The van der Waals surface area contributed by atoms with Gasteiger partial charge in [-0.1, -0.05) is 46.3 Å². The molecule has 0 bridgehead atoms. The molecule has 33 heavy (non-hydrogen) atoms. The Balaban J connectivity index is 1.45. The molecule has 2 spiro atoms. The second-order valence-corrected chi connectivity index (χ2v) is 14.6. The summed E-state index contributed by atoms with van der Waals surface area (Å²) in [5.41, 5.74) is 1.77. The van der Waals surface area contributed by atoms with Crippen molar-refractivity contribution >= 4 is 0 Å². The highest BCUT2D eigenvalue weighted by atomic mass is 16.4. The second kappa shape index (κ2) is 7.32. The van der Waals surface area contributed by atoms with Crippen molar-refractivity contribution in [1.82, 2.24) is 0 Å². The molecule has 5 saturated carbocycles. The van der Waals surface area contributed by atoms with Crippen LogP contribution in [0.4, 0.5) is 0 Å². The largest absolute Gasteiger partial charge is 0.390 e. The van der Waals surface area contributed by atoms with Gasteiger partial charge in [-0.2, -0.15) is 0 Å². The normalized spacial score (nSPS) is 55.0. The molecule has 0 aromatic heterocycles. The number of aliphatic hydroxyl groups excluding tert-OH is 3. The monoisotopic (exact) mass is 458 g/mol. The van der Waals surface area contributed by atoms with E-state index in [0.29, 0.717) is 22.7 Å². The molecule has 0 heterocycles. The fourth-order valence-corrected chi connectivity index (χ4v) is 11.2. The van der Waals surface area contributed by atoms with Crippen LogP contribution in [0, 0.1) is 50.7 Å². The maximum atomic E-state index is 11.5. The van der Waals surface area contributed by atoms with E-state index in [1.54, 1.807) is 0 Å². The molecule has 0 saturated heterocycles. The Morgan fingerprint density at radius 1 is 0.879 bits per heavy atom.